The first kappa shape index (κ1) is 7.31. The van der Waals surface area contributed by atoms with Crippen LogP contribution in [0.2, 0.25) is 0 Å². The minimum absolute atomic E-state index is 0.596. The Morgan fingerprint density at radius 1 is 1.33 bits per heavy atom. The fourth-order valence-corrected chi connectivity index (χ4v) is 1.25. The van der Waals surface area contributed by atoms with Crippen molar-refractivity contribution >= 4 is 10.9 Å². The summed E-state index contributed by atoms with van der Waals surface area (Å²) in [6, 6.07) is 7.84. The molecule has 0 unspecified atom stereocenters. The van der Waals surface area contributed by atoms with Crippen molar-refractivity contribution in [3.05, 3.63) is 30.0 Å². The fourth-order valence-electron chi connectivity index (χ4n) is 1.25. The highest BCUT2D eigenvalue weighted by Crippen LogP contribution is 2.17. The summed E-state index contributed by atoms with van der Waals surface area (Å²) < 4.78 is 5.13. The lowest BCUT2D eigenvalue weighted by molar-refractivity contribution is 0.392. The molecule has 1 aromatic carbocycles. The average Bonchev–Trinajstić information content (AvgIpc) is 2.50. The molecule has 3 heteroatoms. The normalized spacial score (nSPS) is 10.8. The van der Waals surface area contributed by atoms with Crippen molar-refractivity contribution in [1.82, 2.24) is 5.16 Å². The lowest BCUT2D eigenvalue weighted by Gasteiger charge is -1.89. The maximum Gasteiger partial charge on any atom is 0.145 e. The van der Waals surface area contributed by atoms with Gasteiger partial charge in [0.25, 0.3) is 0 Å². The summed E-state index contributed by atoms with van der Waals surface area (Å²) in [4.78, 5) is 0. The summed E-state index contributed by atoms with van der Waals surface area (Å²) in [7, 11) is 0. The summed E-state index contributed by atoms with van der Waals surface area (Å²) in [5.74, 6) is 0.883. The van der Waals surface area contributed by atoms with Crippen LogP contribution in [0.3, 0.4) is 0 Å². The van der Waals surface area contributed by atoms with Crippen LogP contribution >= 0.6 is 0 Å². The van der Waals surface area contributed by atoms with Crippen LogP contribution in [-0.2, 0) is 6.42 Å². The molecule has 0 aliphatic heterocycles. The number of hydrogen-bond acceptors (Lipinski definition) is 3. The number of nitrogens with zero attached hydrogens (tertiary/aromatic N) is 1. The zero-order chi connectivity index (χ0) is 8.39. The van der Waals surface area contributed by atoms with Crippen LogP contribution in [0.15, 0.2) is 28.8 Å². The monoisotopic (exact) mass is 162 g/mol. The van der Waals surface area contributed by atoms with Gasteiger partial charge in [-0.3, -0.25) is 0 Å². The van der Waals surface area contributed by atoms with Gasteiger partial charge < -0.3 is 10.3 Å². The number of aromatic nitrogens is 1. The van der Waals surface area contributed by atoms with Gasteiger partial charge in [-0.25, -0.2) is 0 Å². The quantitative estimate of drug-likeness (QED) is 0.724. The molecule has 3 nitrogen and oxygen atoms in total. The van der Waals surface area contributed by atoms with Crippen molar-refractivity contribution < 1.29 is 4.52 Å². The van der Waals surface area contributed by atoms with E-state index in [9.17, 15) is 0 Å². The molecule has 0 atom stereocenters. The first-order chi connectivity index (χ1) is 5.92. The number of fused-ring (bicyclic) bond motifs is 1. The van der Waals surface area contributed by atoms with Crippen molar-refractivity contribution in [3.63, 3.8) is 0 Å². The van der Waals surface area contributed by atoms with Crippen molar-refractivity contribution in [2.75, 3.05) is 6.54 Å². The summed E-state index contributed by atoms with van der Waals surface area (Å²) in [5.41, 5.74) is 6.33. The van der Waals surface area contributed by atoms with E-state index in [2.05, 4.69) is 5.16 Å². The van der Waals surface area contributed by atoms with Gasteiger partial charge in [0.1, 0.15) is 11.3 Å². The molecule has 12 heavy (non-hydrogen) atoms. The molecule has 0 saturated heterocycles. The molecule has 0 fully saturated rings. The van der Waals surface area contributed by atoms with Gasteiger partial charge >= 0.3 is 0 Å². The SMILES string of the molecule is NCCc1onc2ccccc12. The largest absolute Gasteiger partial charge is 0.360 e. The molecular weight excluding hydrogens is 152 g/mol. The molecule has 62 valence electrons. The van der Waals surface area contributed by atoms with Crippen LogP contribution in [-0.4, -0.2) is 11.7 Å². The van der Waals surface area contributed by atoms with Crippen LogP contribution in [0.5, 0.6) is 0 Å². The van der Waals surface area contributed by atoms with Crippen LogP contribution in [0, 0.1) is 0 Å². The van der Waals surface area contributed by atoms with Crippen molar-refractivity contribution in [3.8, 4) is 0 Å². The molecular formula is C9H10N2O. The van der Waals surface area contributed by atoms with Gasteiger partial charge in [0.2, 0.25) is 0 Å². The first-order valence-electron chi connectivity index (χ1n) is 3.95. The van der Waals surface area contributed by atoms with E-state index in [-0.39, 0.29) is 0 Å². The Hall–Kier alpha value is -1.35. The summed E-state index contributed by atoms with van der Waals surface area (Å²) in [6.45, 7) is 0.596. The first-order valence-corrected chi connectivity index (χ1v) is 3.95. The molecule has 0 bridgehead atoms. The minimum atomic E-state index is 0.596. The van der Waals surface area contributed by atoms with Gasteiger partial charge in [-0.1, -0.05) is 17.3 Å². The summed E-state index contributed by atoms with van der Waals surface area (Å²) in [6.07, 6.45) is 0.751. The second-order valence-electron chi connectivity index (χ2n) is 2.66. The molecule has 0 aliphatic carbocycles. The summed E-state index contributed by atoms with van der Waals surface area (Å²) >= 11 is 0. The molecule has 1 heterocycles. The van der Waals surface area contributed by atoms with Crippen LogP contribution in [0.1, 0.15) is 5.76 Å². The van der Waals surface area contributed by atoms with E-state index in [0.29, 0.717) is 6.54 Å². The lowest BCUT2D eigenvalue weighted by Crippen LogP contribution is -2.01. The van der Waals surface area contributed by atoms with Gasteiger partial charge in [-0.05, 0) is 18.7 Å². The van der Waals surface area contributed by atoms with E-state index in [1.807, 2.05) is 24.3 Å². The summed E-state index contributed by atoms with van der Waals surface area (Å²) in [5, 5.41) is 4.98. The second-order valence-corrected chi connectivity index (χ2v) is 2.66. The zero-order valence-corrected chi connectivity index (χ0v) is 6.66. The molecule has 2 aromatic rings. The predicted octanol–water partition coefficient (Wildman–Crippen LogP) is 1.33. The van der Waals surface area contributed by atoms with Crippen molar-refractivity contribution in [1.29, 1.82) is 0 Å². The van der Waals surface area contributed by atoms with Gasteiger partial charge in [-0.2, -0.15) is 0 Å². The Balaban J connectivity index is 2.55. The van der Waals surface area contributed by atoms with Gasteiger partial charge in [0.05, 0.1) is 0 Å². The third kappa shape index (κ3) is 1.08. The van der Waals surface area contributed by atoms with E-state index < -0.39 is 0 Å². The van der Waals surface area contributed by atoms with Gasteiger partial charge in [0.15, 0.2) is 0 Å². The van der Waals surface area contributed by atoms with Crippen LogP contribution in [0.25, 0.3) is 10.9 Å². The van der Waals surface area contributed by atoms with E-state index in [4.69, 9.17) is 10.3 Å². The average molecular weight is 162 g/mol. The number of hydrogen-bond donors (Lipinski definition) is 1. The molecule has 1 aromatic heterocycles. The Kier molecular flexibility index (Phi) is 1.80. The standard InChI is InChI=1S/C9H10N2O/c10-6-5-9-7-3-1-2-4-8(7)11-12-9/h1-4H,5-6,10H2. The maximum atomic E-state index is 5.42. The Morgan fingerprint density at radius 2 is 2.17 bits per heavy atom. The second kappa shape index (κ2) is 2.95. The Labute approximate surface area is 70.1 Å². The van der Waals surface area contributed by atoms with E-state index in [0.717, 1.165) is 23.1 Å². The molecule has 0 aliphatic rings. The fraction of sp³-hybridized carbons (Fsp3) is 0.222. The Morgan fingerprint density at radius 3 is 3.00 bits per heavy atom. The minimum Gasteiger partial charge on any atom is -0.360 e. The molecule has 2 N–H and O–H groups in total. The van der Waals surface area contributed by atoms with E-state index in [1.165, 1.54) is 0 Å². The number of nitrogens with two attached hydrogens (primary N) is 1. The third-order valence-corrected chi connectivity index (χ3v) is 1.83. The number of rotatable bonds is 2. The molecule has 0 spiro atoms. The molecule has 2 rings (SSSR count). The van der Waals surface area contributed by atoms with Crippen molar-refractivity contribution in [2.24, 2.45) is 5.73 Å². The zero-order valence-electron chi connectivity index (χ0n) is 6.66. The van der Waals surface area contributed by atoms with Crippen molar-refractivity contribution in [2.45, 2.75) is 6.42 Å². The lowest BCUT2D eigenvalue weighted by atomic mass is 10.2. The highest BCUT2D eigenvalue weighted by Gasteiger charge is 2.04. The van der Waals surface area contributed by atoms with Gasteiger partial charge in [-0.15, -0.1) is 0 Å². The maximum absolute atomic E-state index is 5.42. The van der Waals surface area contributed by atoms with E-state index in [1.54, 1.807) is 0 Å². The van der Waals surface area contributed by atoms with E-state index >= 15 is 0 Å². The highest BCUT2D eigenvalue weighted by molar-refractivity contribution is 5.80. The topological polar surface area (TPSA) is 52.0 Å². The smallest absolute Gasteiger partial charge is 0.145 e. The van der Waals surface area contributed by atoms with Gasteiger partial charge in [0, 0.05) is 11.8 Å². The molecule has 0 radical (unpaired) electrons. The van der Waals surface area contributed by atoms with Crippen LogP contribution in [0.4, 0.5) is 0 Å². The third-order valence-electron chi connectivity index (χ3n) is 1.83. The predicted molar refractivity (Wildman–Crippen MR) is 46.8 cm³/mol. The van der Waals surface area contributed by atoms with Crippen LogP contribution < -0.4 is 5.73 Å². The number of benzene rings is 1. The Bertz CT molecular complexity index is 381. The molecule has 0 saturated carbocycles. The highest BCUT2D eigenvalue weighted by atomic mass is 16.5. The molecule has 0 amide bonds.